The lowest BCUT2D eigenvalue weighted by Crippen LogP contribution is -3.16. The molecular formula is C19H26FN2O2+. The van der Waals surface area contributed by atoms with Crippen molar-refractivity contribution in [3.63, 3.8) is 0 Å². The molecule has 0 saturated carbocycles. The van der Waals surface area contributed by atoms with E-state index in [0.29, 0.717) is 23.1 Å². The van der Waals surface area contributed by atoms with E-state index in [-0.39, 0.29) is 17.5 Å². The van der Waals surface area contributed by atoms with Crippen LogP contribution in [0.5, 0.6) is 0 Å². The number of carbonyl (C=O) groups excluding carboxylic acids is 1. The van der Waals surface area contributed by atoms with Gasteiger partial charge in [0.05, 0.1) is 19.1 Å². The van der Waals surface area contributed by atoms with Crippen LogP contribution in [0.4, 0.5) is 4.39 Å². The van der Waals surface area contributed by atoms with Crippen LogP contribution in [0.15, 0.2) is 22.6 Å². The van der Waals surface area contributed by atoms with Crippen molar-refractivity contribution < 1.29 is 18.5 Å². The zero-order valence-electron chi connectivity index (χ0n) is 14.5. The van der Waals surface area contributed by atoms with Crippen LogP contribution in [0.3, 0.4) is 0 Å². The number of nitrogens with one attached hydrogen (secondary N) is 2. The Morgan fingerprint density at radius 1 is 1.42 bits per heavy atom. The molecule has 1 aromatic carbocycles. The predicted octanol–water partition coefficient (Wildman–Crippen LogP) is 2.46. The lowest BCUT2D eigenvalue weighted by atomic mass is 10.0. The average molecular weight is 333 g/mol. The smallest absolute Gasteiger partial charge is 0.287 e. The fourth-order valence-electron chi connectivity index (χ4n) is 3.63. The summed E-state index contributed by atoms with van der Waals surface area (Å²) in [4.78, 5) is 14.0. The van der Waals surface area contributed by atoms with Crippen molar-refractivity contribution in [2.24, 2.45) is 0 Å². The monoisotopic (exact) mass is 333 g/mol. The Balaban J connectivity index is 1.54. The lowest BCUT2D eigenvalue weighted by Gasteiger charge is -2.30. The summed E-state index contributed by atoms with van der Waals surface area (Å²) in [6.07, 6.45) is 4.91. The highest BCUT2D eigenvalue weighted by Crippen LogP contribution is 2.25. The van der Waals surface area contributed by atoms with Crippen LogP contribution >= 0.6 is 0 Å². The second-order valence-corrected chi connectivity index (χ2v) is 6.86. The highest BCUT2D eigenvalue weighted by molar-refractivity contribution is 5.98. The summed E-state index contributed by atoms with van der Waals surface area (Å²) in [5, 5.41) is 3.59. The summed E-state index contributed by atoms with van der Waals surface area (Å²) < 4.78 is 18.9. The van der Waals surface area contributed by atoms with E-state index < -0.39 is 0 Å². The minimum atomic E-state index is -0.322. The number of amides is 1. The molecule has 0 aliphatic carbocycles. The number of fused-ring (bicyclic) bond motifs is 1. The molecule has 1 unspecified atom stereocenters. The van der Waals surface area contributed by atoms with Crippen molar-refractivity contribution in [3.8, 4) is 0 Å². The fourth-order valence-corrected chi connectivity index (χ4v) is 3.63. The van der Waals surface area contributed by atoms with Gasteiger partial charge >= 0.3 is 0 Å². The number of rotatable bonds is 5. The Bertz CT molecular complexity index is 725. The molecule has 4 nitrogen and oxygen atoms in total. The fraction of sp³-hybridized carbons (Fsp3) is 0.526. The first kappa shape index (κ1) is 17.0. The molecule has 1 aliphatic heterocycles. The van der Waals surface area contributed by atoms with Crippen LogP contribution in [0.25, 0.3) is 11.0 Å². The first-order valence-electron chi connectivity index (χ1n) is 8.87. The van der Waals surface area contributed by atoms with Gasteiger partial charge in [-0.2, -0.15) is 0 Å². The van der Waals surface area contributed by atoms with Crippen molar-refractivity contribution in [2.45, 2.75) is 45.6 Å². The maximum atomic E-state index is 13.3. The molecule has 5 heteroatoms. The number of carbonyl (C=O) groups is 1. The van der Waals surface area contributed by atoms with E-state index in [2.05, 4.69) is 12.2 Å². The van der Waals surface area contributed by atoms with E-state index in [1.807, 2.05) is 0 Å². The van der Waals surface area contributed by atoms with Crippen molar-refractivity contribution in [2.75, 3.05) is 19.6 Å². The Labute approximate surface area is 142 Å². The third kappa shape index (κ3) is 3.61. The van der Waals surface area contributed by atoms with Gasteiger partial charge in [0.15, 0.2) is 5.76 Å². The number of furan rings is 1. The van der Waals surface area contributed by atoms with Crippen LogP contribution in [0.1, 0.15) is 48.7 Å². The van der Waals surface area contributed by atoms with E-state index >= 15 is 0 Å². The summed E-state index contributed by atoms with van der Waals surface area (Å²) in [5.74, 6) is -0.253. The van der Waals surface area contributed by atoms with Crippen LogP contribution in [0.2, 0.25) is 0 Å². The van der Waals surface area contributed by atoms with Crippen molar-refractivity contribution in [1.82, 2.24) is 5.32 Å². The summed E-state index contributed by atoms with van der Waals surface area (Å²) >= 11 is 0. The summed E-state index contributed by atoms with van der Waals surface area (Å²) in [5.41, 5.74) is 1.24. The summed E-state index contributed by atoms with van der Waals surface area (Å²) in [7, 11) is 0. The quantitative estimate of drug-likeness (QED) is 0.826. The third-order valence-electron chi connectivity index (χ3n) is 5.15. The van der Waals surface area contributed by atoms with E-state index in [0.717, 1.165) is 19.0 Å². The number of likely N-dealkylation sites (tertiary alicyclic amines) is 1. The molecule has 1 saturated heterocycles. The number of aryl methyl sites for hydroxylation is 1. The number of hydrogen-bond acceptors (Lipinski definition) is 2. The first-order chi connectivity index (χ1) is 11.6. The molecule has 24 heavy (non-hydrogen) atoms. The Hall–Kier alpha value is -1.88. The minimum absolute atomic E-state index is 0.217. The zero-order valence-corrected chi connectivity index (χ0v) is 14.5. The van der Waals surface area contributed by atoms with Crippen molar-refractivity contribution in [3.05, 3.63) is 35.3 Å². The number of piperidine rings is 1. The molecule has 0 bridgehead atoms. The molecule has 130 valence electrons. The molecule has 3 rings (SSSR count). The Morgan fingerprint density at radius 3 is 3.04 bits per heavy atom. The normalized spacial score (nSPS) is 21.1. The second kappa shape index (κ2) is 7.34. The Kier molecular flexibility index (Phi) is 5.19. The molecule has 1 fully saturated rings. The van der Waals surface area contributed by atoms with Crippen molar-refractivity contribution >= 4 is 16.9 Å². The van der Waals surface area contributed by atoms with Gasteiger partial charge in [0.25, 0.3) is 5.91 Å². The largest absolute Gasteiger partial charge is 0.451 e. The molecule has 2 atom stereocenters. The van der Waals surface area contributed by atoms with Gasteiger partial charge in [-0.05, 0) is 51.3 Å². The maximum Gasteiger partial charge on any atom is 0.287 e. The molecule has 2 N–H and O–H groups in total. The number of quaternary nitrogens is 1. The molecule has 0 radical (unpaired) electrons. The van der Waals surface area contributed by atoms with Gasteiger partial charge in [-0.3, -0.25) is 4.79 Å². The SMILES string of the molecule is Cc1c(C(=O)NCCC[NH+]2CCCC[C@@H]2C)oc2ccc(F)cc12. The molecule has 1 aliphatic rings. The van der Waals surface area contributed by atoms with Gasteiger partial charge in [-0.15, -0.1) is 0 Å². The van der Waals surface area contributed by atoms with E-state index in [4.69, 9.17) is 4.42 Å². The predicted molar refractivity (Wildman–Crippen MR) is 91.9 cm³/mol. The molecular weight excluding hydrogens is 307 g/mol. The van der Waals surface area contributed by atoms with Crippen LogP contribution in [-0.4, -0.2) is 31.6 Å². The highest BCUT2D eigenvalue weighted by Gasteiger charge is 2.21. The van der Waals surface area contributed by atoms with Crippen LogP contribution in [-0.2, 0) is 0 Å². The average Bonchev–Trinajstić information content (AvgIpc) is 2.89. The van der Waals surface area contributed by atoms with E-state index in [9.17, 15) is 9.18 Å². The standard InChI is InChI=1S/C19H25FN2O2/c1-13-6-3-4-10-22(13)11-5-9-21-19(23)18-14(2)16-12-15(20)7-8-17(16)24-18/h7-8,12-13H,3-6,9-11H2,1-2H3,(H,21,23)/p+1/t13-/m0/s1. The van der Waals surface area contributed by atoms with Gasteiger partial charge in [0.1, 0.15) is 11.4 Å². The summed E-state index contributed by atoms with van der Waals surface area (Å²) in [6.45, 7) is 7.07. The molecule has 2 heterocycles. The van der Waals surface area contributed by atoms with E-state index in [1.54, 1.807) is 17.9 Å². The lowest BCUT2D eigenvalue weighted by molar-refractivity contribution is -0.928. The minimum Gasteiger partial charge on any atom is -0.451 e. The van der Waals surface area contributed by atoms with Gasteiger partial charge < -0.3 is 14.6 Å². The second-order valence-electron chi connectivity index (χ2n) is 6.86. The maximum absolute atomic E-state index is 13.3. The summed E-state index contributed by atoms with van der Waals surface area (Å²) in [6, 6.07) is 5.04. The number of hydrogen-bond donors (Lipinski definition) is 2. The molecule has 1 aromatic heterocycles. The van der Waals surface area contributed by atoms with Crippen LogP contribution in [0, 0.1) is 12.7 Å². The number of benzene rings is 1. The van der Waals surface area contributed by atoms with E-state index in [1.165, 1.54) is 37.9 Å². The first-order valence-corrected chi connectivity index (χ1v) is 8.87. The Morgan fingerprint density at radius 2 is 2.25 bits per heavy atom. The zero-order chi connectivity index (χ0) is 17.1. The topological polar surface area (TPSA) is 46.7 Å². The van der Waals surface area contributed by atoms with Crippen LogP contribution < -0.4 is 10.2 Å². The van der Waals surface area contributed by atoms with Gasteiger partial charge in [-0.1, -0.05) is 0 Å². The molecule has 0 spiro atoms. The molecule has 2 aromatic rings. The van der Waals surface area contributed by atoms with Crippen molar-refractivity contribution in [1.29, 1.82) is 0 Å². The molecule has 1 amide bonds. The van der Waals surface area contributed by atoms with Gasteiger partial charge in [0, 0.05) is 23.9 Å². The highest BCUT2D eigenvalue weighted by atomic mass is 19.1. The van der Waals surface area contributed by atoms with Gasteiger partial charge in [0.2, 0.25) is 0 Å². The third-order valence-corrected chi connectivity index (χ3v) is 5.15. The number of halogens is 1. The van der Waals surface area contributed by atoms with Gasteiger partial charge in [-0.25, -0.2) is 4.39 Å².